The maximum absolute atomic E-state index is 12.1. The molecule has 0 bridgehead atoms. The molecule has 0 unspecified atom stereocenters. The number of aromatic hydroxyl groups is 4. The van der Waals surface area contributed by atoms with Crippen LogP contribution in [0.2, 0.25) is 0 Å². The SMILES string of the molecule is BC1=c2c(O)c(O)c(O)c(O)c2=C(c2c3ccccc3c(-c3cccc4oc5c6ccccc6ccc5c34)c3ccc(-c4ccccc4)cc23)C(O)=C(O)C1. The maximum atomic E-state index is 12.1. The number of phenols is 4. The fourth-order valence-corrected chi connectivity index (χ4v) is 8.60. The summed E-state index contributed by atoms with van der Waals surface area (Å²) in [6.45, 7) is 0. The summed E-state index contributed by atoms with van der Waals surface area (Å²) in [5.41, 5.74) is 5.96. The van der Waals surface area contributed by atoms with E-state index in [1.165, 1.54) is 0 Å². The van der Waals surface area contributed by atoms with E-state index < -0.39 is 34.5 Å². The van der Waals surface area contributed by atoms with Gasteiger partial charge in [-0.3, -0.25) is 0 Å². The number of aliphatic hydroxyl groups excluding tert-OH is 2. The predicted octanol–water partition coefficient (Wildman–Crippen LogP) is 8.87. The van der Waals surface area contributed by atoms with Gasteiger partial charge in [-0.2, -0.15) is 0 Å². The van der Waals surface area contributed by atoms with E-state index >= 15 is 0 Å². The summed E-state index contributed by atoms with van der Waals surface area (Å²) in [6, 6.07) is 42.1. The quantitative estimate of drug-likeness (QED) is 0.0465. The highest BCUT2D eigenvalue weighted by Gasteiger charge is 2.29. The van der Waals surface area contributed by atoms with Crippen molar-refractivity contribution in [3.63, 3.8) is 0 Å². The van der Waals surface area contributed by atoms with Crippen LogP contribution >= 0.6 is 0 Å². The van der Waals surface area contributed by atoms with Gasteiger partial charge in [0.1, 0.15) is 24.8 Å². The predicted molar refractivity (Wildman–Crippen MR) is 221 cm³/mol. The molecule has 9 aromatic rings. The molecule has 1 aliphatic carbocycles. The molecule has 0 saturated heterocycles. The smallest absolute Gasteiger partial charge is 0.204 e. The van der Waals surface area contributed by atoms with Gasteiger partial charge in [0.15, 0.2) is 17.3 Å². The monoisotopic (exact) mass is 718 g/mol. The summed E-state index contributed by atoms with van der Waals surface area (Å²) in [7, 11) is 1.62. The largest absolute Gasteiger partial charge is 0.508 e. The van der Waals surface area contributed by atoms with Crippen LogP contribution in [0.5, 0.6) is 23.0 Å². The molecule has 1 aromatic heterocycles. The van der Waals surface area contributed by atoms with Crippen LogP contribution < -0.4 is 10.4 Å². The summed E-state index contributed by atoms with van der Waals surface area (Å²) < 4.78 is 6.61. The van der Waals surface area contributed by atoms with Crippen molar-refractivity contribution in [1.29, 1.82) is 0 Å². The van der Waals surface area contributed by atoms with E-state index in [1.807, 2.05) is 97.1 Å². The van der Waals surface area contributed by atoms with Crippen molar-refractivity contribution >= 4 is 73.1 Å². The fraction of sp³-hybridized carbons (Fsp3) is 0.0213. The minimum absolute atomic E-state index is 0.000725. The third kappa shape index (κ3) is 4.58. The van der Waals surface area contributed by atoms with E-state index in [1.54, 1.807) is 7.85 Å². The van der Waals surface area contributed by atoms with Gasteiger partial charge in [0.05, 0.1) is 0 Å². The molecule has 10 rings (SSSR count). The summed E-state index contributed by atoms with van der Waals surface area (Å²) >= 11 is 0. The summed E-state index contributed by atoms with van der Waals surface area (Å²) in [5.74, 6) is -4.20. The van der Waals surface area contributed by atoms with Gasteiger partial charge in [-0.05, 0) is 67.4 Å². The number of phenolic OH excluding ortho intramolecular Hbond substituents is 4. The molecule has 0 radical (unpaired) electrons. The highest BCUT2D eigenvalue weighted by Crippen LogP contribution is 2.48. The van der Waals surface area contributed by atoms with Crippen LogP contribution in [0.1, 0.15) is 12.0 Å². The lowest BCUT2D eigenvalue weighted by Crippen LogP contribution is -2.30. The van der Waals surface area contributed by atoms with E-state index in [0.717, 1.165) is 65.7 Å². The van der Waals surface area contributed by atoms with Gasteiger partial charge in [-0.15, -0.1) is 0 Å². The molecule has 6 N–H and O–H groups in total. The standard InChI is InChI=1S/C47H31BO7/c48-33-22-34(49)42(50)40(41-39(33)43(51)45(53)46(54)44(41)52)38-28-14-7-6-13-27(28)36(29-19-18-25(21-32(29)38)23-9-2-1-3-10-23)30-15-8-16-35-37(30)31-20-17-24-11-4-5-12-26(24)47(31)55-35/h1-21,49-54H,22,48H2. The molecule has 0 fully saturated rings. The Morgan fingerprint density at radius 1 is 0.491 bits per heavy atom. The zero-order valence-corrected chi connectivity index (χ0v) is 29.4. The lowest BCUT2D eigenvalue weighted by atomic mass is 9.82. The highest BCUT2D eigenvalue weighted by atomic mass is 16.3. The molecule has 55 heavy (non-hydrogen) atoms. The number of benzene rings is 8. The molecule has 8 aromatic carbocycles. The van der Waals surface area contributed by atoms with E-state index in [4.69, 9.17) is 4.42 Å². The topological polar surface area (TPSA) is 135 Å². The Balaban J connectivity index is 1.45. The molecular weight excluding hydrogens is 687 g/mol. The maximum Gasteiger partial charge on any atom is 0.204 e. The van der Waals surface area contributed by atoms with Crippen LogP contribution in [0.4, 0.5) is 0 Å². The number of fused-ring (bicyclic) bond motifs is 8. The number of allylic oxidation sites excluding steroid dienone is 2. The first-order valence-corrected chi connectivity index (χ1v) is 17.9. The Hall–Kier alpha value is -7.32. The van der Waals surface area contributed by atoms with Crippen molar-refractivity contribution in [2.24, 2.45) is 0 Å². The Bertz CT molecular complexity index is 3310. The summed E-state index contributed by atoms with van der Waals surface area (Å²) in [5, 5.41) is 74.8. The Morgan fingerprint density at radius 3 is 1.89 bits per heavy atom. The van der Waals surface area contributed by atoms with Gasteiger partial charge in [-0.1, -0.05) is 115 Å². The lowest BCUT2D eigenvalue weighted by molar-refractivity contribution is 0.336. The van der Waals surface area contributed by atoms with Gasteiger partial charge < -0.3 is 35.1 Å². The van der Waals surface area contributed by atoms with Crippen molar-refractivity contribution in [3.05, 3.63) is 155 Å². The van der Waals surface area contributed by atoms with Crippen LogP contribution in [-0.4, -0.2) is 38.5 Å². The van der Waals surface area contributed by atoms with E-state index in [0.29, 0.717) is 21.8 Å². The van der Waals surface area contributed by atoms with Crippen molar-refractivity contribution in [2.45, 2.75) is 6.42 Å². The molecule has 264 valence electrons. The molecule has 0 atom stereocenters. The average molecular weight is 719 g/mol. The molecule has 1 heterocycles. The molecule has 7 nitrogen and oxygen atoms in total. The summed E-state index contributed by atoms with van der Waals surface area (Å²) in [6.07, 6.45) is -0.187. The van der Waals surface area contributed by atoms with Gasteiger partial charge in [0.25, 0.3) is 0 Å². The molecule has 8 heteroatoms. The van der Waals surface area contributed by atoms with Crippen LogP contribution in [0.25, 0.3) is 87.6 Å². The third-order valence-corrected chi connectivity index (χ3v) is 11.1. The molecular formula is C47H31BO7. The zero-order chi connectivity index (χ0) is 37.7. The van der Waals surface area contributed by atoms with Crippen molar-refractivity contribution < 1.29 is 35.1 Å². The van der Waals surface area contributed by atoms with Gasteiger partial charge in [0.2, 0.25) is 11.5 Å². The van der Waals surface area contributed by atoms with E-state index in [2.05, 4.69) is 30.3 Å². The Kier molecular flexibility index (Phi) is 6.97. The van der Waals surface area contributed by atoms with Gasteiger partial charge in [0, 0.05) is 44.2 Å². The third-order valence-electron chi connectivity index (χ3n) is 11.1. The second-order valence-corrected chi connectivity index (χ2v) is 14.1. The van der Waals surface area contributed by atoms with Crippen LogP contribution in [-0.2, 0) is 0 Å². The van der Waals surface area contributed by atoms with Crippen LogP contribution in [0.15, 0.2) is 143 Å². The van der Waals surface area contributed by atoms with E-state index in [9.17, 15) is 30.6 Å². The molecule has 0 aliphatic heterocycles. The van der Waals surface area contributed by atoms with Crippen molar-refractivity contribution in [2.75, 3.05) is 0 Å². The molecule has 0 spiro atoms. The fourth-order valence-electron chi connectivity index (χ4n) is 8.60. The lowest BCUT2D eigenvalue weighted by Gasteiger charge is -2.21. The van der Waals surface area contributed by atoms with Gasteiger partial charge >= 0.3 is 0 Å². The van der Waals surface area contributed by atoms with Crippen molar-refractivity contribution in [1.82, 2.24) is 0 Å². The zero-order valence-electron chi connectivity index (χ0n) is 29.4. The Morgan fingerprint density at radius 2 is 1.13 bits per heavy atom. The van der Waals surface area contributed by atoms with Crippen molar-refractivity contribution in [3.8, 4) is 45.3 Å². The summed E-state index contributed by atoms with van der Waals surface area (Å²) in [4.78, 5) is 0. The number of rotatable bonds is 3. The number of furan rings is 1. The highest BCUT2D eigenvalue weighted by molar-refractivity contribution is 6.38. The van der Waals surface area contributed by atoms with E-state index in [-0.39, 0.29) is 22.4 Å². The first-order chi connectivity index (χ1) is 26.7. The Labute approximate surface area is 313 Å². The average Bonchev–Trinajstić information content (AvgIpc) is 3.57. The van der Waals surface area contributed by atoms with Crippen LogP contribution in [0, 0.1) is 0 Å². The second kappa shape index (κ2) is 11.8. The molecule has 0 amide bonds. The van der Waals surface area contributed by atoms with Gasteiger partial charge in [-0.25, -0.2) is 0 Å². The first kappa shape index (κ1) is 32.3. The number of hydrogen-bond acceptors (Lipinski definition) is 7. The normalized spacial score (nSPS) is 13.4. The molecule has 0 saturated carbocycles. The number of hydrogen-bond donors (Lipinski definition) is 6. The minimum atomic E-state index is -0.947. The second-order valence-electron chi connectivity index (χ2n) is 14.1. The molecule has 1 aliphatic rings. The van der Waals surface area contributed by atoms with Crippen LogP contribution in [0.3, 0.4) is 0 Å². The minimum Gasteiger partial charge on any atom is -0.508 e. The number of aliphatic hydroxyl groups is 2. The first-order valence-electron chi connectivity index (χ1n) is 17.9.